The molecule has 1 saturated heterocycles. The lowest BCUT2D eigenvalue weighted by Gasteiger charge is -2.20. The van der Waals surface area contributed by atoms with E-state index in [4.69, 9.17) is 5.11 Å². The van der Waals surface area contributed by atoms with Gasteiger partial charge in [0, 0.05) is 6.54 Å². The standard InChI is InChI=1S/C8H11F2NO3/c9-8(10,7(13)14)5-3-1-2-4-11-6(5)12/h5H,1-4H2,(H,11,12)(H,13,14). The summed E-state index contributed by atoms with van der Waals surface area (Å²) in [5.74, 6) is -8.80. The van der Waals surface area contributed by atoms with E-state index < -0.39 is 23.7 Å². The summed E-state index contributed by atoms with van der Waals surface area (Å²) in [5.41, 5.74) is 0. The molecular formula is C8H11F2NO3. The van der Waals surface area contributed by atoms with Gasteiger partial charge in [-0.3, -0.25) is 4.79 Å². The zero-order valence-electron chi connectivity index (χ0n) is 7.43. The van der Waals surface area contributed by atoms with Crippen LogP contribution in [0.5, 0.6) is 0 Å². The van der Waals surface area contributed by atoms with Crippen LogP contribution in [0, 0.1) is 5.92 Å². The predicted molar refractivity (Wildman–Crippen MR) is 42.9 cm³/mol. The van der Waals surface area contributed by atoms with Gasteiger partial charge in [0.25, 0.3) is 0 Å². The summed E-state index contributed by atoms with van der Waals surface area (Å²) in [6.45, 7) is 0.338. The normalized spacial score (nSPS) is 23.9. The summed E-state index contributed by atoms with van der Waals surface area (Å²) in [6.07, 6.45) is 0.968. The number of carbonyl (C=O) groups excluding carboxylic acids is 1. The van der Waals surface area contributed by atoms with E-state index in [9.17, 15) is 18.4 Å². The topological polar surface area (TPSA) is 66.4 Å². The fourth-order valence-electron chi connectivity index (χ4n) is 1.43. The molecule has 0 aliphatic carbocycles. The molecule has 0 radical (unpaired) electrons. The molecule has 1 fully saturated rings. The number of alkyl halides is 2. The lowest BCUT2D eigenvalue weighted by atomic mass is 9.95. The molecule has 0 spiro atoms. The van der Waals surface area contributed by atoms with Crippen molar-refractivity contribution in [1.82, 2.24) is 5.32 Å². The maximum atomic E-state index is 13.0. The zero-order valence-corrected chi connectivity index (χ0v) is 7.43. The van der Waals surface area contributed by atoms with Crippen molar-refractivity contribution in [2.24, 2.45) is 5.92 Å². The van der Waals surface area contributed by atoms with Crippen molar-refractivity contribution in [2.75, 3.05) is 6.54 Å². The minimum atomic E-state index is -3.96. The van der Waals surface area contributed by atoms with Gasteiger partial charge in [0.1, 0.15) is 5.92 Å². The second-order valence-electron chi connectivity index (χ2n) is 3.27. The third kappa shape index (κ3) is 2.00. The summed E-state index contributed by atoms with van der Waals surface area (Å²) < 4.78 is 26.0. The number of carboxylic acids is 1. The highest BCUT2D eigenvalue weighted by Gasteiger charge is 2.51. The van der Waals surface area contributed by atoms with Gasteiger partial charge in [-0.1, -0.05) is 6.42 Å². The van der Waals surface area contributed by atoms with Crippen molar-refractivity contribution in [2.45, 2.75) is 25.2 Å². The number of aliphatic carboxylic acids is 1. The number of rotatable bonds is 2. The zero-order chi connectivity index (χ0) is 10.8. The molecule has 14 heavy (non-hydrogen) atoms. The Hall–Kier alpha value is -1.20. The first kappa shape index (κ1) is 10.9. The summed E-state index contributed by atoms with van der Waals surface area (Å²) in [5, 5.41) is 10.5. The lowest BCUT2D eigenvalue weighted by Crippen LogP contribution is -2.45. The number of amides is 1. The monoisotopic (exact) mass is 207 g/mol. The number of hydrogen-bond acceptors (Lipinski definition) is 2. The van der Waals surface area contributed by atoms with E-state index >= 15 is 0 Å². The largest absolute Gasteiger partial charge is 0.477 e. The molecule has 2 N–H and O–H groups in total. The van der Waals surface area contributed by atoms with Gasteiger partial charge in [-0.05, 0) is 12.8 Å². The molecule has 1 unspecified atom stereocenters. The van der Waals surface area contributed by atoms with Gasteiger partial charge in [0.05, 0.1) is 0 Å². The molecule has 80 valence electrons. The Morgan fingerprint density at radius 2 is 2.14 bits per heavy atom. The molecule has 1 aliphatic heterocycles. The Kier molecular flexibility index (Phi) is 3.03. The lowest BCUT2D eigenvalue weighted by molar-refractivity contribution is -0.177. The molecule has 6 heteroatoms. The fraction of sp³-hybridized carbons (Fsp3) is 0.750. The van der Waals surface area contributed by atoms with Crippen LogP contribution in [0.1, 0.15) is 19.3 Å². The van der Waals surface area contributed by atoms with Crippen LogP contribution in [0.25, 0.3) is 0 Å². The van der Waals surface area contributed by atoms with Crippen molar-refractivity contribution in [3.05, 3.63) is 0 Å². The number of carbonyl (C=O) groups is 2. The number of hydrogen-bond donors (Lipinski definition) is 2. The van der Waals surface area contributed by atoms with Crippen LogP contribution in [0.2, 0.25) is 0 Å². The molecule has 1 amide bonds. The third-order valence-corrected chi connectivity index (χ3v) is 2.26. The van der Waals surface area contributed by atoms with E-state index in [1.54, 1.807) is 0 Å². The Labute approximate surface area is 79.3 Å². The smallest absolute Gasteiger partial charge is 0.375 e. The summed E-state index contributed by atoms with van der Waals surface area (Å²) >= 11 is 0. The Bertz CT molecular complexity index is 255. The highest BCUT2D eigenvalue weighted by Crippen LogP contribution is 2.30. The van der Waals surface area contributed by atoms with Crippen molar-refractivity contribution in [3.63, 3.8) is 0 Å². The third-order valence-electron chi connectivity index (χ3n) is 2.26. The van der Waals surface area contributed by atoms with Crippen LogP contribution in [0.3, 0.4) is 0 Å². The molecule has 0 aromatic heterocycles. The fourth-order valence-corrected chi connectivity index (χ4v) is 1.43. The van der Waals surface area contributed by atoms with Gasteiger partial charge in [-0.2, -0.15) is 8.78 Å². The van der Waals surface area contributed by atoms with Crippen LogP contribution in [-0.2, 0) is 9.59 Å². The Morgan fingerprint density at radius 1 is 1.50 bits per heavy atom. The first-order chi connectivity index (χ1) is 6.46. The van der Waals surface area contributed by atoms with Crippen LogP contribution < -0.4 is 5.32 Å². The van der Waals surface area contributed by atoms with Crippen LogP contribution in [0.15, 0.2) is 0 Å². The van der Waals surface area contributed by atoms with Gasteiger partial charge in [-0.25, -0.2) is 4.79 Å². The highest BCUT2D eigenvalue weighted by atomic mass is 19.3. The average Bonchev–Trinajstić information content (AvgIpc) is 2.29. The van der Waals surface area contributed by atoms with Gasteiger partial charge in [0.15, 0.2) is 0 Å². The summed E-state index contributed by atoms with van der Waals surface area (Å²) in [6, 6.07) is 0. The van der Waals surface area contributed by atoms with E-state index in [2.05, 4.69) is 5.32 Å². The van der Waals surface area contributed by atoms with E-state index in [0.717, 1.165) is 0 Å². The Morgan fingerprint density at radius 3 is 2.71 bits per heavy atom. The molecular weight excluding hydrogens is 196 g/mol. The van der Waals surface area contributed by atoms with E-state index in [0.29, 0.717) is 19.4 Å². The van der Waals surface area contributed by atoms with Crippen molar-refractivity contribution in [3.8, 4) is 0 Å². The molecule has 1 aliphatic rings. The van der Waals surface area contributed by atoms with Gasteiger partial charge in [-0.15, -0.1) is 0 Å². The molecule has 1 rings (SSSR count). The van der Waals surface area contributed by atoms with Crippen LogP contribution in [0.4, 0.5) is 8.78 Å². The summed E-state index contributed by atoms with van der Waals surface area (Å²) in [4.78, 5) is 21.4. The quantitative estimate of drug-likeness (QED) is 0.697. The van der Waals surface area contributed by atoms with Crippen LogP contribution in [-0.4, -0.2) is 29.5 Å². The van der Waals surface area contributed by atoms with Crippen LogP contribution >= 0.6 is 0 Å². The molecule has 4 nitrogen and oxygen atoms in total. The average molecular weight is 207 g/mol. The minimum Gasteiger partial charge on any atom is -0.477 e. The van der Waals surface area contributed by atoms with E-state index in [-0.39, 0.29) is 6.42 Å². The predicted octanol–water partition coefficient (Wildman–Crippen LogP) is 0.623. The second-order valence-corrected chi connectivity index (χ2v) is 3.27. The maximum Gasteiger partial charge on any atom is 0.375 e. The van der Waals surface area contributed by atoms with Gasteiger partial charge >= 0.3 is 11.9 Å². The first-order valence-electron chi connectivity index (χ1n) is 4.35. The molecule has 0 bridgehead atoms. The second kappa shape index (κ2) is 3.89. The SMILES string of the molecule is O=C1NCCCCC1C(F)(F)C(=O)O. The first-order valence-corrected chi connectivity index (χ1v) is 4.35. The molecule has 1 heterocycles. The number of carboxylic acid groups (broad SMARTS) is 1. The maximum absolute atomic E-state index is 13.0. The van der Waals surface area contributed by atoms with Crippen molar-refractivity contribution >= 4 is 11.9 Å². The highest BCUT2D eigenvalue weighted by molar-refractivity contribution is 5.87. The van der Waals surface area contributed by atoms with E-state index in [1.807, 2.05) is 0 Å². The number of halogens is 2. The van der Waals surface area contributed by atoms with Crippen molar-refractivity contribution < 1.29 is 23.5 Å². The Balaban J connectivity index is 2.82. The summed E-state index contributed by atoms with van der Waals surface area (Å²) in [7, 11) is 0. The number of nitrogens with one attached hydrogen (secondary N) is 1. The molecule has 0 aromatic carbocycles. The van der Waals surface area contributed by atoms with Gasteiger partial charge < -0.3 is 10.4 Å². The molecule has 0 saturated carbocycles. The van der Waals surface area contributed by atoms with Gasteiger partial charge in [0.2, 0.25) is 5.91 Å². The van der Waals surface area contributed by atoms with Crippen molar-refractivity contribution in [1.29, 1.82) is 0 Å². The van der Waals surface area contributed by atoms with E-state index in [1.165, 1.54) is 0 Å². The minimum absolute atomic E-state index is 0.0782. The molecule has 1 atom stereocenters. The molecule has 0 aromatic rings.